The first-order valence-corrected chi connectivity index (χ1v) is 6.93. The second kappa shape index (κ2) is 6.90. The van der Waals surface area contributed by atoms with Gasteiger partial charge in [0, 0.05) is 18.8 Å². The molecule has 0 saturated carbocycles. The second-order valence-corrected chi connectivity index (χ2v) is 5.35. The molecule has 2 aromatic carbocycles. The molecule has 0 aromatic heterocycles. The van der Waals surface area contributed by atoms with Gasteiger partial charge in [-0.1, -0.05) is 42.0 Å². The van der Waals surface area contributed by atoms with Crippen molar-refractivity contribution < 1.29 is 4.79 Å². The Kier molecular flexibility index (Phi) is 4.95. The molecule has 1 amide bonds. The van der Waals surface area contributed by atoms with Crippen molar-refractivity contribution in [3.63, 3.8) is 0 Å². The molecule has 0 aliphatic carbocycles. The molecule has 0 atom stereocenters. The summed E-state index contributed by atoms with van der Waals surface area (Å²) in [5, 5.41) is 0. The summed E-state index contributed by atoms with van der Waals surface area (Å²) in [6.07, 6.45) is 0. The topological polar surface area (TPSA) is 72.3 Å². The highest BCUT2D eigenvalue weighted by Gasteiger charge is 2.10. The van der Waals surface area contributed by atoms with Crippen LogP contribution in [0.3, 0.4) is 0 Å². The van der Waals surface area contributed by atoms with E-state index in [0.717, 1.165) is 11.3 Å². The highest BCUT2D eigenvalue weighted by Crippen LogP contribution is 2.13. The van der Waals surface area contributed by atoms with E-state index in [2.05, 4.69) is 25.1 Å². The van der Waals surface area contributed by atoms with Crippen LogP contribution in [-0.2, 0) is 17.9 Å². The molecule has 4 heteroatoms. The van der Waals surface area contributed by atoms with Crippen molar-refractivity contribution in [2.75, 3.05) is 12.3 Å². The lowest BCUT2D eigenvalue weighted by molar-refractivity contribution is -0.119. The van der Waals surface area contributed by atoms with E-state index in [1.807, 2.05) is 35.2 Å². The van der Waals surface area contributed by atoms with Gasteiger partial charge in [-0.15, -0.1) is 0 Å². The van der Waals surface area contributed by atoms with Crippen molar-refractivity contribution in [2.45, 2.75) is 20.0 Å². The fraction of sp³-hybridized carbons (Fsp3) is 0.235. The number of anilines is 1. The molecule has 0 saturated heterocycles. The summed E-state index contributed by atoms with van der Waals surface area (Å²) in [6.45, 7) is 3.60. The van der Waals surface area contributed by atoms with Crippen molar-refractivity contribution >= 4 is 11.6 Å². The summed E-state index contributed by atoms with van der Waals surface area (Å²) in [5.74, 6) is -0.327. The molecule has 0 aliphatic heterocycles. The Morgan fingerprint density at radius 3 is 2.24 bits per heavy atom. The maximum absolute atomic E-state index is 11.3. The zero-order chi connectivity index (χ0) is 15.2. The molecule has 2 aromatic rings. The fourth-order valence-electron chi connectivity index (χ4n) is 2.41. The number of rotatable bonds is 6. The molecule has 0 aliphatic rings. The van der Waals surface area contributed by atoms with E-state index in [0.29, 0.717) is 13.1 Å². The van der Waals surface area contributed by atoms with Crippen molar-refractivity contribution in [3.05, 3.63) is 65.2 Å². The standard InChI is InChI=1S/C17H21N3O/c1-13-4-2-5-14(8-13)10-20(12-17(19)21)11-15-6-3-7-16(18)9-15/h2-9H,10-12,18H2,1H3,(H2,19,21). The van der Waals surface area contributed by atoms with Gasteiger partial charge < -0.3 is 11.5 Å². The number of hydrogen-bond donors (Lipinski definition) is 2. The third kappa shape index (κ3) is 4.93. The molecule has 0 radical (unpaired) electrons. The normalized spacial score (nSPS) is 10.8. The van der Waals surface area contributed by atoms with Gasteiger partial charge in [-0.05, 0) is 30.2 Å². The molecule has 0 spiro atoms. The van der Waals surface area contributed by atoms with Gasteiger partial charge in [-0.2, -0.15) is 0 Å². The largest absolute Gasteiger partial charge is 0.399 e. The molecule has 110 valence electrons. The lowest BCUT2D eigenvalue weighted by Crippen LogP contribution is -2.33. The summed E-state index contributed by atoms with van der Waals surface area (Å²) in [6, 6.07) is 15.9. The number of aryl methyl sites for hydroxylation is 1. The number of amides is 1. The van der Waals surface area contributed by atoms with Crippen LogP contribution in [0.4, 0.5) is 5.69 Å². The number of nitrogens with zero attached hydrogens (tertiary/aromatic N) is 1. The Morgan fingerprint density at radius 1 is 1.05 bits per heavy atom. The zero-order valence-electron chi connectivity index (χ0n) is 12.3. The predicted octanol–water partition coefficient (Wildman–Crippen LogP) is 2.06. The predicted molar refractivity (Wildman–Crippen MR) is 85.3 cm³/mol. The van der Waals surface area contributed by atoms with Crippen LogP contribution in [0.25, 0.3) is 0 Å². The molecule has 0 fully saturated rings. The highest BCUT2D eigenvalue weighted by atomic mass is 16.1. The number of nitrogen functional groups attached to an aromatic ring is 1. The molecule has 2 rings (SSSR count). The lowest BCUT2D eigenvalue weighted by atomic mass is 10.1. The van der Waals surface area contributed by atoms with Crippen molar-refractivity contribution in [3.8, 4) is 0 Å². The van der Waals surface area contributed by atoms with Crippen molar-refractivity contribution in [1.29, 1.82) is 0 Å². The van der Waals surface area contributed by atoms with E-state index in [9.17, 15) is 4.79 Å². The van der Waals surface area contributed by atoms with Crippen LogP contribution in [0.1, 0.15) is 16.7 Å². The quantitative estimate of drug-likeness (QED) is 0.797. The SMILES string of the molecule is Cc1cccc(CN(CC(N)=O)Cc2cccc(N)c2)c1. The van der Waals surface area contributed by atoms with Gasteiger partial charge in [0.15, 0.2) is 0 Å². The maximum atomic E-state index is 11.3. The number of primary amides is 1. The minimum Gasteiger partial charge on any atom is -0.399 e. The fourth-order valence-corrected chi connectivity index (χ4v) is 2.41. The first-order chi connectivity index (χ1) is 10.0. The molecule has 0 bridgehead atoms. The van der Waals surface area contributed by atoms with E-state index >= 15 is 0 Å². The number of carbonyl (C=O) groups is 1. The van der Waals surface area contributed by atoms with Gasteiger partial charge in [0.2, 0.25) is 5.91 Å². The van der Waals surface area contributed by atoms with Crippen LogP contribution in [0, 0.1) is 6.92 Å². The van der Waals surface area contributed by atoms with Crippen molar-refractivity contribution in [2.24, 2.45) is 5.73 Å². The van der Waals surface area contributed by atoms with Gasteiger partial charge in [0.25, 0.3) is 0 Å². The summed E-state index contributed by atoms with van der Waals surface area (Å²) in [7, 11) is 0. The summed E-state index contributed by atoms with van der Waals surface area (Å²) >= 11 is 0. The second-order valence-electron chi connectivity index (χ2n) is 5.35. The van der Waals surface area contributed by atoms with E-state index in [4.69, 9.17) is 11.5 Å². The number of nitrogens with two attached hydrogens (primary N) is 2. The van der Waals surface area contributed by atoms with Crippen LogP contribution in [0.2, 0.25) is 0 Å². The molecule has 4 nitrogen and oxygen atoms in total. The van der Waals surface area contributed by atoms with Crippen LogP contribution in [0.15, 0.2) is 48.5 Å². The Morgan fingerprint density at radius 2 is 1.67 bits per heavy atom. The summed E-state index contributed by atoms with van der Waals surface area (Å²) in [4.78, 5) is 13.3. The van der Waals surface area contributed by atoms with Gasteiger partial charge >= 0.3 is 0 Å². The first kappa shape index (κ1) is 15.1. The minimum absolute atomic E-state index is 0.225. The van der Waals surface area contributed by atoms with Gasteiger partial charge in [-0.25, -0.2) is 0 Å². The van der Waals surface area contributed by atoms with E-state index in [1.54, 1.807) is 0 Å². The Bertz CT molecular complexity index is 577. The van der Waals surface area contributed by atoms with Crippen LogP contribution >= 0.6 is 0 Å². The third-order valence-corrected chi connectivity index (χ3v) is 3.23. The van der Waals surface area contributed by atoms with E-state index in [1.165, 1.54) is 11.1 Å². The molecule has 4 N–H and O–H groups in total. The monoisotopic (exact) mass is 283 g/mol. The molecule has 0 unspecified atom stereocenters. The summed E-state index contributed by atoms with van der Waals surface area (Å²) < 4.78 is 0. The number of carbonyl (C=O) groups excluding carboxylic acids is 1. The van der Waals surface area contributed by atoms with Gasteiger partial charge in [0.05, 0.1) is 6.54 Å². The smallest absolute Gasteiger partial charge is 0.231 e. The average molecular weight is 283 g/mol. The first-order valence-electron chi connectivity index (χ1n) is 6.93. The minimum atomic E-state index is -0.327. The van der Waals surface area contributed by atoms with E-state index < -0.39 is 0 Å². The third-order valence-electron chi connectivity index (χ3n) is 3.23. The maximum Gasteiger partial charge on any atom is 0.231 e. The number of hydrogen-bond acceptors (Lipinski definition) is 3. The molecule has 0 heterocycles. The Hall–Kier alpha value is -2.33. The molecular formula is C17H21N3O. The highest BCUT2D eigenvalue weighted by molar-refractivity contribution is 5.75. The number of benzene rings is 2. The van der Waals surface area contributed by atoms with Gasteiger partial charge in [-0.3, -0.25) is 9.69 Å². The average Bonchev–Trinajstić information content (AvgIpc) is 2.37. The Labute approximate surface area is 125 Å². The van der Waals surface area contributed by atoms with Gasteiger partial charge in [0.1, 0.15) is 0 Å². The lowest BCUT2D eigenvalue weighted by Gasteiger charge is -2.21. The molecule has 21 heavy (non-hydrogen) atoms. The molecular weight excluding hydrogens is 262 g/mol. The van der Waals surface area contributed by atoms with Crippen molar-refractivity contribution in [1.82, 2.24) is 4.90 Å². The summed E-state index contributed by atoms with van der Waals surface area (Å²) in [5.41, 5.74) is 15.3. The van der Waals surface area contributed by atoms with Crippen LogP contribution in [-0.4, -0.2) is 17.4 Å². The van der Waals surface area contributed by atoms with Crippen LogP contribution < -0.4 is 11.5 Å². The Balaban J connectivity index is 2.12. The zero-order valence-corrected chi connectivity index (χ0v) is 12.3. The van der Waals surface area contributed by atoms with E-state index in [-0.39, 0.29) is 12.5 Å². The van der Waals surface area contributed by atoms with Crippen LogP contribution in [0.5, 0.6) is 0 Å².